The van der Waals surface area contributed by atoms with Crippen molar-refractivity contribution in [3.8, 4) is 0 Å². The largest absolute Gasteiger partial charge is 0.310 e. The Hall–Kier alpha value is -0.820. The van der Waals surface area contributed by atoms with E-state index < -0.39 is 0 Å². The fraction of sp³-hybridized carbons (Fsp3) is 0.667. The van der Waals surface area contributed by atoms with Crippen molar-refractivity contribution in [2.24, 2.45) is 0 Å². The van der Waals surface area contributed by atoms with Crippen LogP contribution < -0.4 is 5.32 Å². The van der Waals surface area contributed by atoms with Crippen molar-refractivity contribution in [3.05, 3.63) is 34.9 Å². The summed E-state index contributed by atoms with van der Waals surface area (Å²) in [5.41, 5.74) is 4.48. The molecule has 0 amide bonds. The summed E-state index contributed by atoms with van der Waals surface area (Å²) in [6, 6.07) is 7.60. The maximum absolute atomic E-state index is 3.64. The van der Waals surface area contributed by atoms with Crippen molar-refractivity contribution < 1.29 is 0 Å². The van der Waals surface area contributed by atoms with Crippen LogP contribution in [-0.4, -0.2) is 6.54 Å². The normalized spacial score (nSPS) is 13.3. The van der Waals surface area contributed by atoms with Crippen LogP contribution in [0.3, 0.4) is 0 Å². The summed E-state index contributed by atoms with van der Waals surface area (Å²) in [7, 11) is 0. The van der Waals surface area contributed by atoms with E-state index in [-0.39, 0.29) is 0 Å². The number of nitrogens with one attached hydrogen (secondary N) is 1. The Morgan fingerprint density at radius 1 is 0.947 bits per heavy atom. The van der Waals surface area contributed by atoms with E-state index in [1.807, 2.05) is 0 Å². The van der Waals surface area contributed by atoms with E-state index >= 15 is 0 Å². The molecule has 1 N–H and O–H groups in total. The minimum Gasteiger partial charge on any atom is -0.310 e. The van der Waals surface area contributed by atoms with Gasteiger partial charge in [0.25, 0.3) is 0 Å². The van der Waals surface area contributed by atoms with Crippen LogP contribution in [0.1, 0.15) is 89.0 Å². The van der Waals surface area contributed by atoms with E-state index in [0.29, 0.717) is 17.9 Å². The zero-order valence-electron chi connectivity index (χ0n) is 13.6. The number of hydrogen-bond acceptors (Lipinski definition) is 1. The molecule has 0 spiro atoms. The van der Waals surface area contributed by atoms with Crippen LogP contribution in [0.15, 0.2) is 18.2 Å². The zero-order valence-corrected chi connectivity index (χ0v) is 13.6. The number of benzene rings is 1. The fourth-order valence-corrected chi connectivity index (χ4v) is 2.67. The Bertz CT molecular complexity index is 373. The first kappa shape index (κ1) is 16.2. The van der Waals surface area contributed by atoms with Crippen molar-refractivity contribution in [2.75, 3.05) is 6.54 Å². The molecule has 0 bridgehead atoms. The van der Waals surface area contributed by atoms with Crippen LogP contribution >= 0.6 is 0 Å². The number of hydrogen-bond donors (Lipinski definition) is 1. The van der Waals surface area contributed by atoms with Gasteiger partial charge >= 0.3 is 0 Å². The Balaban J connectivity index is 3.16. The lowest BCUT2D eigenvalue weighted by Gasteiger charge is -2.24. The summed E-state index contributed by atoms with van der Waals surface area (Å²) in [5.74, 6) is 1.20. The van der Waals surface area contributed by atoms with Gasteiger partial charge < -0.3 is 5.32 Å². The highest BCUT2D eigenvalue weighted by Gasteiger charge is 2.16. The Labute approximate surface area is 119 Å². The molecule has 0 aromatic heterocycles. The molecule has 1 heteroatoms. The van der Waals surface area contributed by atoms with Crippen LogP contribution in [0.5, 0.6) is 0 Å². The molecule has 0 saturated heterocycles. The standard InChI is InChI=1S/C18H31N/c1-7-9-18(19-8-2)16-11-10-15(13(3)4)12-17(16)14(5)6/h10-14,18-19H,7-9H2,1-6H3. The summed E-state index contributed by atoms with van der Waals surface area (Å²) >= 11 is 0. The summed E-state index contributed by atoms with van der Waals surface area (Å²) in [6.07, 6.45) is 2.44. The molecule has 1 nitrogen and oxygen atoms in total. The first-order valence-corrected chi connectivity index (χ1v) is 7.88. The van der Waals surface area contributed by atoms with E-state index in [2.05, 4.69) is 65.1 Å². The quantitative estimate of drug-likeness (QED) is 0.694. The minimum atomic E-state index is 0.508. The smallest absolute Gasteiger partial charge is 0.0322 e. The lowest BCUT2D eigenvalue weighted by molar-refractivity contribution is 0.503. The van der Waals surface area contributed by atoms with Gasteiger partial charge in [0.05, 0.1) is 0 Å². The molecule has 0 saturated carbocycles. The molecular formula is C18H31N. The van der Waals surface area contributed by atoms with Crippen molar-refractivity contribution >= 4 is 0 Å². The minimum absolute atomic E-state index is 0.508. The van der Waals surface area contributed by atoms with Gasteiger partial charge in [-0.15, -0.1) is 0 Å². The first-order valence-electron chi connectivity index (χ1n) is 7.88. The molecular weight excluding hydrogens is 230 g/mol. The van der Waals surface area contributed by atoms with E-state index in [1.165, 1.54) is 29.5 Å². The van der Waals surface area contributed by atoms with Crippen LogP contribution in [-0.2, 0) is 0 Å². The molecule has 1 atom stereocenters. The molecule has 1 unspecified atom stereocenters. The van der Waals surface area contributed by atoms with E-state index in [1.54, 1.807) is 0 Å². The molecule has 0 heterocycles. The Morgan fingerprint density at radius 3 is 2.11 bits per heavy atom. The molecule has 0 aliphatic rings. The first-order chi connectivity index (χ1) is 9.01. The predicted molar refractivity (Wildman–Crippen MR) is 85.9 cm³/mol. The number of rotatable bonds is 7. The zero-order chi connectivity index (χ0) is 14.4. The molecule has 0 radical (unpaired) electrons. The second-order valence-electron chi connectivity index (χ2n) is 6.10. The highest BCUT2D eigenvalue weighted by Crippen LogP contribution is 2.30. The highest BCUT2D eigenvalue weighted by atomic mass is 14.9. The van der Waals surface area contributed by atoms with Gasteiger partial charge in [0.2, 0.25) is 0 Å². The molecule has 0 aliphatic carbocycles. The second-order valence-corrected chi connectivity index (χ2v) is 6.10. The summed E-state index contributed by atoms with van der Waals surface area (Å²) in [4.78, 5) is 0. The molecule has 0 aliphatic heterocycles. The molecule has 1 rings (SSSR count). The summed E-state index contributed by atoms with van der Waals surface area (Å²) in [6.45, 7) is 14.6. The van der Waals surface area contributed by atoms with Crippen LogP contribution in [0.2, 0.25) is 0 Å². The third-order valence-corrected chi connectivity index (χ3v) is 3.80. The van der Waals surface area contributed by atoms with Gasteiger partial charge in [-0.3, -0.25) is 0 Å². The van der Waals surface area contributed by atoms with Gasteiger partial charge in [0.1, 0.15) is 0 Å². The average Bonchev–Trinajstić information content (AvgIpc) is 2.37. The van der Waals surface area contributed by atoms with E-state index in [4.69, 9.17) is 0 Å². The van der Waals surface area contributed by atoms with Crippen molar-refractivity contribution in [1.82, 2.24) is 5.32 Å². The lowest BCUT2D eigenvalue weighted by atomic mass is 9.87. The van der Waals surface area contributed by atoms with Crippen molar-refractivity contribution in [2.45, 2.75) is 72.3 Å². The van der Waals surface area contributed by atoms with E-state index in [0.717, 1.165) is 6.54 Å². The molecule has 1 aromatic carbocycles. The van der Waals surface area contributed by atoms with Crippen molar-refractivity contribution in [3.63, 3.8) is 0 Å². The van der Waals surface area contributed by atoms with Gasteiger partial charge in [-0.05, 0) is 41.5 Å². The second kappa shape index (κ2) is 7.69. The maximum atomic E-state index is 3.64. The molecule has 19 heavy (non-hydrogen) atoms. The highest BCUT2D eigenvalue weighted by molar-refractivity contribution is 5.37. The third-order valence-electron chi connectivity index (χ3n) is 3.80. The van der Waals surface area contributed by atoms with Gasteiger partial charge in [-0.1, -0.05) is 66.2 Å². The van der Waals surface area contributed by atoms with Gasteiger partial charge in [0, 0.05) is 6.04 Å². The van der Waals surface area contributed by atoms with Crippen LogP contribution in [0.25, 0.3) is 0 Å². The molecule has 1 aromatic rings. The van der Waals surface area contributed by atoms with Crippen LogP contribution in [0.4, 0.5) is 0 Å². The van der Waals surface area contributed by atoms with Gasteiger partial charge in [-0.2, -0.15) is 0 Å². The SMILES string of the molecule is CCCC(NCC)c1ccc(C(C)C)cc1C(C)C. The predicted octanol–water partition coefficient (Wildman–Crippen LogP) is 5.38. The average molecular weight is 261 g/mol. The Morgan fingerprint density at radius 2 is 1.63 bits per heavy atom. The van der Waals surface area contributed by atoms with Crippen LogP contribution in [0, 0.1) is 0 Å². The van der Waals surface area contributed by atoms with Gasteiger partial charge in [0.15, 0.2) is 0 Å². The fourth-order valence-electron chi connectivity index (χ4n) is 2.67. The van der Waals surface area contributed by atoms with Crippen molar-refractivity contribution in [1.29, 1.82) is 0 Å². The maximum Gasteiger partial charge on any atom is 0.0322 e. The Kier molecular flexibility index (Phi) is 6.57. The molecule has 108 valence electrons. The monoisotopic (exact) mass is 261 g/mol. The lowest BCUT2D eigenvalue weighted by Crippen LogP contribution is -2.22. The molecule has 0 fully saturated rings. The third kappa shape index (κ3) is 4.35. The van der Waals surface area contributed by atoms with Gasteiger partial charge in [-0.25, -0.2) is 0 Å². The topological polar surface area (TPSA) is 12.0 Å². The summed E-state index contributed by atoms with van der Waals surface area (Å²) < 4.78 is 0. The summed E-state index contributed by atoms with van der Waals surface area (Å²) in [5, 5.41) is 3.64. The van der Waals surface area contributed by atoms with E-state index in [9.17, 15) is 0 Å².